The minimum absolute atomic E-state index is 0.452. The molecule has 10 aromatic carbocycles. The lowest BCUT2D eigenvalue weighted by atomic mass is 9.70. The van der Waals surface area contributed by atoms with Crippen molar-refractivity contribution in [1.29, 1.82) is 0 Å². The third-order valence-corrected chi connectivity index (χ3v) is 15.6. The first-order valence-corrected chi connectivity index (χ1v) is 23.8. The van der Waals surface area contributed by atoms with Gasteiger partial charge in [0.2, 0.25) is 0 Å². The molecule has 0 bridgehead atoms. The van der Waals surface area contributed by atoms with Crippen LogP contribution in [0.25, 0.3) is 77.9 Å². The first-order chi connectivity index (χ1) is 33.3. The highest BCUT2D eigenvalue weighted by Gasteiger charge is 2.51. The van der Waals surface area contributed by atoms with Gasteiger partial charge in [0.25, 0.3) is 0 Å². The molecular formula is C62H38N4S. The second kappa shape index (κ2) is 13.8. The van der Waals surface area contributed by atoms with Crippen molar-refractivity contribution >= 4 is 61.7 Å². The van der Waals surface area contributed by atoms with Gasteiger partial charge in [-0.05, 0) is 117 Å². The number of imidazole rings is 1. The van der Waals surface area contributed by atoms with Gasteiger partial charge in [-0.1, -0.05) is 169 Å². The quantitative estimate of drug-likeness (QED) is 0.176. The maximum absolute atomic E-state index is 5.50. The highest BCUT2D eigenvalue weighted by molar-refractivity contribution is 7.99. The third-order valence-electron chi connectivity index (χ3n) is 14.5. The largest absolute Gasteiger partial charge is 0.307 e. The molecule has 2 aliphatic carbocycles. The van der Waals surface area contributed by atoms with Crippen molar-refractivity contribution in [3.63, 3.8) is 0 Å². The van der Waals surface area contributed by atoms with Gasteiger partial charge in [0.15, 0.2) is 0 Å². The molecule has 4 nitrogen and oxygen atoms in total. The van der Waals surface area contributed by atoms with Gasteiger partial charge in [0, 0.05) is 43.2 Å². The number of para-hydroxylation sites is 5. The smallest absolute Gasteiger partial charge is 0.145 e. The number of hydrogen-bond donors (Lipinski definition) is 0. The third kappa shape index (κ3) is 4.96. The summed E-state index contributed by atoms with van der Waals surface area (Å²) in [6, 6.07) is 84.9. The second-order valence-corrected chi connectivity index (χ2v) is 18.9. The minimum Gasteiger partial charge on any atom is -0.307 e. The fourth-order valence-electron chi connectivity index (χ4n) is 11.9. The van der Waals surface area contributed by atoms with Crippen molar-refractivity contribution in [3.05, 3.63) is 253 Å². The number of aromatic nitrogens is 3. The highest BCUT2D eigenvalue weighted by Crippen LogP contribution is 2.63. The molecule has 0 radical (unpaired) electrons. The number of fused-ring (bicyclic) bond motifs is 17. The summed E-state index contributed by atoms with van der Waals surface area (Å²) in [7, 11) is 0. The summed E-state index contributed by atoms with van der Waals surface area (Å²) in [4.78, 5) is 10.4. The van der Waals surface area contributed by atoms with Crippen molar-refractivity contribution in [3.8, 4) is 45.0 Å². The van der Waals surface area contributed by atoms with Crippen LogP contribution in [0.2, 0.25) is 0 Å². The normalized spacial score (nSPS) is 13.7. The lowest BCUT2D eigenvalue weighted by molar-refractivity contribution is 0.792. The van der Waals surface area contributed by atoms with Crippen LogP contribution in [0, 0.1) is 0 Å². The maximum atomic E-state index is 5.50. The zero-order chi connectivity index (χ0) is 43.8. The predicted octanol–water partition coefficient (Wildman–Crippen LogP) is 16.1. The summed E-state index contributed by atoms with van der Waals surface area (Å²) >= 11 is 1.85. The van der Waals surface area contributed by atoms with Crippen LogP contribution in [-0.2, 0) is 5.41 Å². The molecule has 0 unspecified atom stereocenters. The summed E-state index contributed by atoms with van der Waals surface area (Å²) in [6.45, 7) is 0. The molecule has 0 saturated carbocycles. The molecule has 15 rings (SSSR count). The van der Waals surface area contributed by atoms with Gasteiger partial charge in [0.1, 0.15) is 5.82 Å². The lowest BCUT2D eigenvalue weighted by Gasteiger charge is -2.34. The first-order valence-electron chi connectivity index (χ1n) is 23.0. The Morgan fingerprint density at radius 3 is 1.79 bits per heavy atom. The van der Waals surface area contributed by atoms with E-state index < -0.39 is 5.41 Å². The molecule has 67 heavy (non-hydrogen) atoms. The Kier molecular flexibility index (Phi) is 7.61. The van der Waals surface area contributed by atoms with Crippen LogP contribution < -0.4 is 4.90 Å². The molecule has 1 aliphatic heterocycles. The van der Waals surface area contributed by atoms with E-state index in [2.05, 4.69) is 245 Å². The van der Waals surface area contributed by atoms with E-state index >= 15 is 0 Å². The number of rotatable bonds is 4. The molecule has 312 valence electrons. The average Bonchev–Trinajstić information content (AvgIpc) is 4.12. The maximum Gasteiger partial charge on any atom is 0.145 e. The van der Waals surface area contributed by atoms with E-state index in [0.29, 0.717) is 0 Å². The molecular weight excluding hydrogens is 833 g/mol. The number of nitrogens with zero attached hydrogens (tertiary/aromatic N) is 4. The SMILES string of the molecule is c1ccc(-n2c3ccccc3c3ccc4c(c32)N(c2cccc(-c3nc5ccccc5n3-c3ccc5c(c3)C3(c6ccccc6-c6ccccc63)c3ccccc3-5)c2)c2ccccc2S4)cc1. The molecule has 0 atom stereocenters. The van der Waals surface area contributed by atoms with E-state index in [1.54, 1.807) is 0 Å². The van der Waals surface area contributed by atoms with Crippen LogP contribution in [0.1, 0.15) is 22.3 Å². The van der Waals surface area contributed by atoms with E-state index in [4.69, 9.17) is 4.98 Å². The zero-order valence-corrected chi connectivity index (χ0v) is 37.0. The van der Waals surface area contributed by atoms with Gasteiger partial charge in [0.05, 0.1) is 38.9 Å². The Bertz CT molecular complexity index is 3980. The van der Waals surface area contributed by atoms with E-state index in [-0.39, 0.29) is 0 Å². The van der Waals surface area contributed by atoms with E-state index in [0.717, 1.165) is 45.2 Å². The van der Waals surface area contributed by atoms with Crippen molar-refractivity contribution in [1.82, 2.24) is 14.1 Å². The molecule has 12 aromatic rings. The Balaban J connectivity index is 0.963. The van der Waals surface area contributed by atoms with Gasteiger partial charge in [-0.25, -0.2) is 4.98 Å². The summed E-state index contributed by atoms with van der Waals surface area (Å²) in [5.74, 6) is 0.899. The topological polar surface area (TPSA) is 26.0 Å². The van der Waals surface area contributed by atoms with Crippen molar-refractivity contribution in [2.45, 2.75) is 15.2 Å². The highest BCUT2D eigenvalue weighted by atomic mass is 32.2. The monoisotopic (exact) mass is 870 g/mol. The molecule has 3 heterocycles. The zero-order valence-electron chi connectivity index (χ0n) is 36.1. The van der Waals surface area contributed by atoms with E-state index in [1.165, 1.54) is 81.8 Å². The minimum atomic E-state index is -0.452. The van der Waals surface area contributed by atoms with Gasteiger partial charge >= 0.3 is 0 Å². The fourth-order valence-corrected chi connectivity index (χ4v) is 13.0. The Hall–Kier alpha value is -8.38. The molecule has 3 aliphatic rings. The number of anilines is 3. The molecule has 1 spiro atoms. The van der Waals surface area contributed by atoms with Gasteiger partial charge in [-0.3, -0.25) is 4.57 Å². The van der Waals surface area contributed by atoms with Crippen molar-refractivity contribution in [2.24, 2.45) is 0 Å². The predicted molar refractivity (Wildman–Crippen MR) is 276 cm³/mol. The molecule has 0 N–H and O–H groups in total. The average molecular weight is 871 g/mol. The van der Waals surface area contributed by atoms with Crippen LogP contribution in [0.4, 0.5) is 17.1 Å². The molecule has 0 fully saturated rings. The molecule has 0 amide bonds. The molecule has 2 aromatic heterocycles. The standard InChI is InChI=1S/C62H38N4S/c1-2-18-40(19-3-1)64-54-29-12-7-24-47(54)48-35-36-58-60(59(48)64)65(56-31-14-15-32-57(56)67-58)41-20-16-17-39(37-41)61-63-53-28-11-13-30-55(53)66(61)42-33-34-46-45-23-6-10-27-51(45)62(52(46)38-42)49-25-8-4-21-43(49)44-22-5-9-26-50(44)62/h1-38H. The van der Waals surface area contributed by atoms with E-state index in [9.17, 15) is 0 Å². The van der Waals surface area contributed by atoms with Crippen LogP contribution in [0.3, 0.4) is 0 Å². The van der Waals surface area contributed by atoms with Crippen LogP contribution in [0.5, 0.6) is 0 Å². The van der Waals surface area contributed by atoms with E-state index in [1.807, 2.05) is 11.8 Å². The fraction of sp³-hybridized carbons (Fsp3) is 0.0161. The number of benzene rings is 10. The van der Waals surface area contributed by atoms with Crippen molar-refractivity contribution < 1.29 is 0 Å². The van der Waals surface area contributed by atoms with Crippen LogP contribution in [-0.4, -0.2) is 14.1 Å². The van der Waals surface area contributed by atoms with Crippen molar-refractivity contribution in [2.75, 3.05) is 4.90 Å². The summed E-state index contributed by atoms with van der Waals surface area (Å²) < 4.78 is 4.84. The lowest BCUT2D eigenvalue weighted by Crippen LogP contribution is -2.26. The summed E-state index contributed by atoms with van der Waals surface area (Å²) in [6.07, 6.45) is 0. The molecule has 5 heteroatoms. The second-order valence-electron chi connectivity index (χ2n) is 17.8. The Morgan fingerprint density at radius 1 is 0.388 bits per heavy atom. The van der Waals surface area contributed by atoms with Gasteiger partial charge in [-0.2, -0.15) is 0 Å². The Morgan fingerprint density at radius 2 is 1.01 bits per heavy atom. The summed E-state index contributed by atoms with van der Waals surface area (Å²) in [5.41, 5.74) is 21.1. The van der Waals surface area contributed by atoms with Gasteiger partial charge in [-0.15, -0.1) is 0 Å². The van der Waals surface area contributed by atoms with Gasteiger partial charge < -0.3 is 9.47 Å². The Labute approximate surface area is 391 Å². The first kappa shape index (κ1) is 36.9. The molecule has 0 saturated heterocycles. The number of hydrogen-bond acceptors (Lipinski definition) is 3. The summed E-state index contributed by atoms with van der Waals surface area (Å²) in [5, 5.41) is 2.46. The van der Waals surface area contributed by atoms with Crippen LogP contribution in [0.15, 0.2) is 240 Å². The van der Waals surface area contributed by atoms with Crippen LogP contribution >= 0.6 is 11.8 Å².